The molecule has 2 aromatic rings. The number of fused-ring (bicyclic) bond motifs is 1. The maximum atomic E-state index is 6.96. The van der Waals surface area contributed by atoms with Crippen molar-refractivity contribution in [1.29, 1.82) is 0 Å². The smallest absolute Gasteiger partial charge is 0.317 e. The molecule has 3 nitrogen and oxygen atoms in total. The minimum atomic E-state index is -2.54. The number of nitrogens with zero attached hydrogens (tertiary/aromatic N) is 2. The highest BCUT2D eigenvalue weighted by atomic mass is 79.9. The molecule has 0 saturated carbocycles. The molecule has 1 heterocycles. The summed E-state index contributed by atoms with van der Waals surface area (Å²) in [5.74, 6) is 0. The number of ether oxygens (including phenoxy) is 1. The fourth-order valence-electron chi connectivity index (χ4n) is 1.06. The van der Waals surface area contributed by atoms with Gasteiger partial charge in [-0.05, 0) is 22.0 Å². The SMILES string of the molecule is [2H]C([2H])([2H])Oc1nc(Br)c2ccccc2n1. The van der Waals surface area contributed by atoms with E-state index in [2.05, 4.69) is 30.6 Å². The molecule has 1 aromatic carbocycles. The first-order valence-corrected chi connectivity index (χ1v) is 4.36. The molecule has 0 aliphatic rings. The number of rotatable bonds is 1. The van der Waals surface area contributed by atoms with Gasteiger partial charge >= 0.3 is 6.01 Å². The Morgan fingerprint density at radius 3 is 3.08 bits per heavy atom. The van der Waals surface area contributed by atoms with E-state index in [-0.39, 0.29) is 6.01 Å². The van der Waals surface area contributed by atoms with Gasteiger partial charge in [-0.25, -0.2) is 0 Å². The fraction of sp³-hybridized carbons (Fsp3) is 0.111. The lowest BCUT2D eigenvalue weighted by Gasteiger charge is -2.01. The molecular formula is C9H7BrN2O. The number of methoxy groups -OCH3 is 1. The summed E-state index contributed by atoms with van der Waals surface area (Å²) < 4.78 is 26.0. The Hall–Kier alpha value is -1.16. The maximum absolute atomic E-state index is 6.96. The first kappa shape index (κ1) is 5.54. The molecule has 0 saturated heterocycles. The molecule has 0 bridgehead atoms. The third-order valence-electron chi connectivity index (χ3n) is 1.63. The molecule has 0 unspecified atom stereocenters. The van der Waals surface area contributed by atoms with Crippen LogP contribution in [0.2, 0.25) is 0 Å². The molecule has 0 spiro atoms. The molecular weight excluding hydrogens is 232 g/mol. The molecule has 0 N–H and O–H groups in total. The van der Waals surface area contributed by atoms with Crippen molar-refractivity contribution in [2.24, 2.45) is 0 Å². The van der Waals surface area contributed by atoms with Crippen LogP contribution in [0.15, 0.2) is 28.9 Å². The third kappa shape index (κ3) is 1.49. The Bertz CT molecular complexity index is 530. The lowest BCUT2D eigenvalue weighted by Crippen LogP contribution is -1.93. The first-order valence-electron chi connectivity index (χ1n) is 5.07. The minimum absolute atomic E-state index is 0.162. The molecule has 13 heavy (non-hydrogen) atoms. The van der Waals surface area contributed by atoms with Crippen molar-refractivity contribution in [2.75, 3.05) is 7.04 Å². The molecule has 2 rings (SSSR count). The van der Waals surface area contributed by atoms with Gasteiger partial charge in [0.05, 0.1) is 16.7 Å². The summed E-state index contributed by atoms with van der Waals surface area (Å²) in [5, 5.41) is 0.806. The van der Waals surface area contributed by atoms with E-state index < -0.39 is 7.04 Å². The molecule has 1 aromatic heterocycles. The van der Waals surface area contributed by atoms with Crippen molar-refractivity contribution < 1.29 is 8.85 Å². The van der Waals surface area contributed by atoms with E-state index in [4.69, 9.17) is 4.11 Å². The number of hydrogen-bond donors (Lipinski definition) is 0. The van der Waals surface area contributed by atoms with Gasteiger partial charge in [-0.3, -0.25) is 0 Å². The molecule has 0 atom stereocenters. The minimum Gasteiger partial charge on any atom is -0.467 e. The van der Waals surface area contributed by atoms with Crippen molar-refractivity contribution in [3.8, 4) is 6.01 Å². The van der Waals surface area contributed by atoms with Crippen LogP contribution < -0.4 is 4.74 Å². The Balaban J connectivity index is 2.50. The summed E-state index contributed by atoms with van der Waals surface area (Å²) in [6.07, 6.45) is 0. The maximum Gasteiger partial charge on any atom is 0.317 e. The third-order valence-corrected chi connectivity index (χ3v) is 2.23. The molecule has 66 valence electrons. The van der Waals surface area contributed by atoms with Crippen LogP contribution in [0, 0.1) is 0 Å². The standard InChI is InChI=1S/C9H7BrN2O/c1-13-9-11-7-5-3-2-4-6(7)8(10)12-9/h2-5H,1H3/i1D3. The second-order valence-electron chi connectivity index (χ2n) is 2.42. The zero-order valence-electron chi connectivity index (χ0n) is 9.49. The van der Waals surface area contributed by atoms with Crippen LogP contribution in [0.5, 0.6) is 6.01 Å². The predicted molar refractivity (Wildman–Crippen MR) is 53.8 cm³/mol. The fourth-order valence-corrected chi connectivity index (χ4v) is 1.55. The highest BCUT2D eigenvalue weighted by Gasteiger charge is 2.03. The molecule has 0 radical (unpaired) electrons. The van der Waals surface area contributed by atoms with Crippen molar-refractivity contribution in [3.05, 3.63) is 28.9 Å². The number of halogens is 1. The zero-order chi connectivity index (χ0) is 11.8. The van der Waals surface area contributed by atoms with Gasteiger partial charge in [0, 0.05) is 5.39 Å². The molecule has 0 aliphatic carbocycles. The van der Waals surface area contributed by atoms with Crippen LogP contribution in [0.4, 0.5) is 0 Å². The Morgan fingerprint density at radius 2 is 2.23 bits per heavy atom. The monoisotopic (exact) mass is 241 g/mol. The molecule has 0 amide bonds. The van der Waals surface area contributed by atoms with Crippen molar-refractivity contribution >= 4 is 26.8 Å². The Kier molecular flexibility index (Phi) is 1.41. The highest BCUT2D eigenvalue weighted by Crippen LogP contribution is 2.22. The second-order valence-corrected chi connectivity index (χ2v) is 3.17. The largest absolute Gasteiger partial charge is 0.467 e. The summed E-state index contributed by atoms with van der Waals surface area (Å²) in [6, 6.07) is 7.08. The van der Waals surface area contributed by atoms with Gasteiger partial charge < -0.3 is 4.74 Å². The quantitative estimate of drug-likeness (QED) is 0.720. The Morgan fingerprint density at radius 1 is 1.38 bits per heavy atom. The number of aromatic nitrogens is 2. The average molecular weight is 242 g/mol. The number of hydrogen-bond acceptors (Lipinski definition) is 3. The first-order chi connectivity index (χ1) is 7.46. The van der Waals surface area contributed by atoms with Crippen LogP contribution in [0.25, 0.3) is 10.9 Å². The van der Waals surface area contributed by atoms with Crippen molar-refractivity contribution in [3.63, 3.8) is 0 Å². The van der Waals surface area contributed by atoms with Gasteiger partial charge in [0.1, 0.15) is 4.60 Å². The summed E-state index contributed by atoms with van der Waals surface area (Å²) in [6.45, 7) is 0. The summed E-state index contributed by atoms with van der Waals surface area (Å²) in [7, 11) is -2.54. The summed E-state index contributed by atoms with van der Waals surface area (Å²) >= 11 is 3.24. The van der Waals surface area contributed by atoms with E-state index >= 15 is 0 Å². The summed E-state index contributed by atoms with van der Waals surface area (Å²) in [4.78, 5) is 7.91. The topological polar surface area (TPSA) is 35.0 Å². The van der Waals surface area contributed by atoms with E-state index in [0.29, 0.717) is 10.1 Å². The van der Waals surface area contributed by atoms with Crippen LogP contribution in [0.1, 0.15) is 4.11 Å². The van der Waals surface area contributed by atoms with E-state index in [1.165, 1.54) is 0 Å². The van der Waals surface area contributed by atoms with Gasteiger partial charge in [-0.15, -0.1) is 0 Å². The predicted octanol–water partition coefficient (Wildman–Crippen LogP) is 2.40. The lowest BCUT2D eigenvalue weighted by molar-refractivity contribution is 0.381. The van der Waals surface area contributed by atoms with E-state index in [1.807, 2.05) is 12.1 Å². The van der Waals surface area contributed by atoms with Crippen molar-refractivity contribution in [2.45, 2.75) is 0 Å². The summed E-state index contributed by atoms with van der Waals surface area (Å²) in [5.41, 5.74) is 0.628. The van der Waals surface area contributed by atoms with Crippen LogP contribution in [-0.4, -0.2) is 17.0 Å². The van der Waals surface area contributed by atoms with Crippen LogP contribution >= 0.6 is 15.9 Å². The van der Waals surface area contributed by atoms with Gasteiger partial charge in [0.15, 0.2) is 0 Å². The zero-order valence-corrected chi connectivity index (χ0v) is 8.08. The molecule has 4 heteroatoms. The number of benzene rings is 1. The number of para-hydroxylation sites is 1. The van der Waals surface area contributed by atoms with Gasteiger partial charge in [-0.1, -0.05) is 18.2 Å². The average Bonchev–Trinajstić information content (AvgIpc) is 2.15. The Labute approximate surface area is 88.1 Å². The van der Waals surface area contributed by atoms with E-state index in [0.717, 1.165) is 5.39 Å². The van der Waals surface area contributed by atoms with Gasteiger partial charge in [-0.2, -0.15) is 9.97 Å². The van der Waals surface area contributed by atoms with Crippen LogP contribution in [-0.2, 0) is 0 Å². The molecule has 0 aliphatic heterocycles. The highest BCUT2D eigenvalue weighted by molar-refractivity contribution is 9.10. The van der Waals surface area contributed by atoms with E-state index in [9.17, 15) is 0 Å². The molecule has 0 fully saturated rings. The lowest BCUT2D eigenvalue weighted by atomic mass is 10.2. The van der Waals surface area contributed by atoms with Crippen LogP contribution in [0.3, 0.4) is 0 Å². The normalized spacial score (nSPS) is 14.7. The van der Waals surface area contributed by atoms with E-state index in [1.54, 1.807) is 12.1 Å². The van der Waals surface area contributed by atoms with Gasteiger partial charge in [0.25, 0.3) is 0 Å². The van der Waals surface area contributed by atoms with Crippen molar-refractivity contribution in [1.82, 2.24) is 9.97 Å². The van der Waals surface area contributed by atoms with Gasteiger partial charge in [0.2, 0.25) is 0 Å². The second kappa shape index (κ2) is 3.30.